The number of para-hydroxylation sites is 1. The van der Waals surface area contributed by atoms with Crippen LogP contribution in [0.5, 0.6) is 17.2 Å². The number of fused-ring (bicyclic) bond motifs is 1. The van der Waals surface area contributed by atoms with E-state index < -0.39 is 0 Å². The van der Waals surface area contributed by atoms with Crippen LogP contribution < -0.4 is 19.5 Å². The predicted molar refractivity (Wildman–Crippen MR) is 113 cm³/mol. The molecule has 0 unspecified atom stereocenters. The average molecular weight is 399 g/mol. The molecule has 0 bridgehead atoms. The molecular formula is C23H30N2O4. The molecule has 1 aliphatic rings. The fourth-order valence-electron chi connectivity index (χ4n) is 3.24. The zero-order chi connectivity index (χ0) is 20.8. The Morgan fingerprint density at radius 3 is 2.59 bits per heavy atom. The fourth-order valence-corrected chi connectivity index (χ4v) is 3.24. The van der Waals surface area contributed by atoms with Crippen LogP contribution in [0, 0.1) is 12.8 Å². The molecule has 0 aliphatic carbocycles. The first-order valence-corrected chi connectivity index (χ1v) is 10.1. The Morgan fingerprint density at radius 1 is 1.14 bits per heavy atom. The van der Waals surface area contributed by atoms with Crippen LogP contribution in [0.25, 0.3) is 0 Å². The van der Waals surface area contributed by atoms with Crippen LogP contribution in [0.1, 0.15) is 31.0 Å². The van der Waals surface area contributed by atoms with E-state index in [0.717, 1.165) is 28.4 Å². The lowest BCUT2D eigenvalue weighted by atomic mass is 9.95. The normalized spacial score (nSPS) is 13.7. The SMILES string of the molecule is Cc1ccccc1OCCN(C)C(=O)N[C@@H](c1ccc2c(c1)OCCO2)C(C)C. The second-order valence-electron chi connectivity index (χ2n) is 7.61. The van der Waals surface area contributed by atoms with Crippen molar-refractivity contribution in [1.82, 2.24) is 10.2 Å². The summed E-state index contributed by atoms with van der Waals surface area (Å²) in [5.41, 5.74) is 2.08. The maximum Gasteiger partial charge on any atom is 0.317 e. The molecule has 1 atom stereocenters. The van der Waals surface area contributed by atoms with E-state index >= 15 is 0 Å². The van der Waals surface area contributed by atoms with E-state index in [1.807, 2.05) is 49.4 Å². The molecule has 2 aromatic carbocycles. The third kappa shape index (κ3) is 5.34. The van der Waals surface area contributed by atoms with E-state index in [4.69, 9.17) is 14.2 Å². The van der Waals surface area contributed by atoms with E-state index in [-0.39, 0.29) is 18.0 Å². The van der Waals surface area contributed by atoms with Gasteiger partial charge in [0.15, 0.2) is 11.5 Å². The van der Waals surface area contributed by atoms with Gasteiger partial charge < -0.3 is 24.4 Å². The van der Waals surface area contributed by atoms with Crippen LogP contribution in [0.2, 0.25) is 0 Å². The van der Waals surface area contributed by atoms with E-state index in [2.05, 4.69) is 19.2 Å². The van der Waals surface area contributed by atoms with E-state index in [1.54, 1.807) is 11.9 Å². The Morgan fingerprint density at radius 2 is 1.86 bits per heavy atom. The number of hydrogen-bond acceptors (Lipinski definition) is 4. The van der Waals surface area contributed by atoms with Crippen molar-refractivity contribution in [2.75, 3.05) is 33.4 Å². The summed E-state index contributed by atoms with van der Waals surface area (Å²) in [4.78, 5) is 14.4. The molecule has 1 heterocycles. The highest BCUT2D eigenvalue weighted by Crippen LogP contribution is 2.34. The van der Waals surface area contributed by atoms with Crippen LogP contribution >= 0.6 is 0 Å². The molecule has 1 N–H and O–H groups in total. The first-order chi connectivity index (χ1) is 14.0. The summed E-state index contributed by atoms with van der Waals surface area (Å²) >= 11 is 0. The van der Waals surface area contributed by atoms with Crippen LogP contribution in [0.4, 0.5) is 4.79 Å². The molecule has 2 amide bonds. The molecule has 2 aromatic rings. The summed E-state index contributed by atoms with van der Waals surface area (Å²) in [5, 5.41) is 3.13. The van der Waals surface area contributed by atoms with Gasteiger partial charge in [0.05, 0.1) is 12.6 Å². The smallest absolute Gasteiger partial charge is 0.317 e. The number of aryl methyl sites for hydroxylation is 1. The molecule has 6 nitrogen and oxygen atoms in total. The number of carbonyl (C=O) groups is 1. The van der Waals surface area contributed by atoms with Crippen molar-refractivity contribution in [3.05, 3.63) is 53.6 Å². The van der Waals surface area contributed by atoms with Gasteiger partial charge in [-0.3, -0.25) is 0 Å². The Hall–Kier alpha value is -2.89. The molecule has 6 heteroatoms. The lowest BCUT2D eigenvalue weighted by Crippen LogP contribution is -2.42. The van der Waals surface area contributed by atoms with E-state index in [1.165, 1.54) is 0 Å². The van der Waals surface area contributed by atoms with Crippen LogP contribution in [-0.4, -0.2) is 44.3 Å². The minimum atomic E-state index is -0.132. The number of urea groups is 1. The van der Waals surface area contributed by atoms with E-state index in [0.29, 0.717) is 26.4 Å². The number of likely N-dealkylation sites (N-methyl/N-ethyl adjacent to an activating group) is 1. The highest BCUT2D eigenvalue weighted by Gasteiger charge is 2.22. The van der Waals surface area contributed by atoms with Crippen molar-refractivity contribution in [1.29, 1.82) is 0 Å². The predicted octanol–water partition coefficient (Wildman–Crippen LogP) is 4.18. The number of rotatable bonds is 7. The van der Waals surface area contributed by atoms with Crippen molar-refractivity contribution in [3.63, 3.8) is 0 Å². The minimum Gasteiger partial charge on any atom is -0.491 e. The van der Waals surface area contributed by atoms with Gasteiger partial charge in [-0.05, 0) is 42.2 Å². The molecule has 0 spiro atoms. The van der Waals surface area contributed by atoms with Gasteiger partial charge in [0, 0.05) is 7.05 Å². The van der Waals surface area contributed by atoms with Gasteiger partial charge >= 0.3 is 6.03 Å². The number of amides is 2. The number of nitrogens with zero attached hydrogens (tertiary/aromatic N) is 1. The zero-order valence-electron chi connectivity index (χ0n) is 17.6. The van der Waals surface area contributed by atoms with E-state index in [9.17, 15) is 4.79 Å². The number of ether oxygens (including phenoxy) is 3. The molecule has 3 rings (SSSR count). The second-order valence-corrected chi connectivity index (χ2v) is 7.61. The second kappa shape index (κ2) is 9.54. The van der Waals surface area contributed by atoms with Crippen molar-refractivity contribution < 1.29 is 19.0 Å². The molecule has 29 heavy (non-hydrogen) atoms. The van der Waals surface area contributed by atoms with Crippen LogP contribution in [0.3, 0.4) is 0 Å². The summed E-state index contributed by atoms with van der Waals surface area (Å²) in [7, 11) is 1.78. The lowest BCUT2D eigenvalue weighted by Gasteiger charge is -2.28. The maximum atomic E-state index is 12.7. The first kappa shape index (κ1) is 20.8. The largest absolute Gasteiger partial charge is 0.491 e. The molecule has 0 saturated carbocycles. The number of carbonyl (C=O) groups excluding carboxylic acids is 1. The zero-order valence-corrected chi connectivity index (χ0v) is 17.6. The Labute approximate surface area is 172 Å². The third-order valence-corrected chi connectivity index (χ3v) is 5.00. The highest BCUT2D eigenvalue weighted by molar-refractivity contribution is 5.74. The molecule has 0 fully saturated rings. The topological polar surface area (TPSA) is 60.0 Å². The lowest BCUT2D eigenvalue weighted by molar-refractivity contribution is 0.171. The van der Waals surface area contributed by atoms with Crippen molar-refractivity contribution >= 4 is 6.03 Å². The maximum absolute atomic E-state index is 12.7. The third-order valence-electron chi connectivity index (χ3n) is 5.00. The van der Waals surface area contributed by atoms with Gasteiger partial charge in [0.1, 0.15) is 25.6 Å². The minimum absolute atomic E-state index is 0.127. The first-order valence-electron chi connectivity index (χ1n) is 10.1. The number of benzene rings is 2. The van der Waals surface area contributed by atoms with Gasteiger partial charge in [-0.25, -0.2) is 4.79 Å². The molecule has 1 aliphatic heterocycles. The van der Waals surface area contributed by atoms with Gasteiger partial charge in [-0.15, -0.1) is 0 Å². The fraction of sp³-hybridized carbons (Fsp3) is 0.435. The van der Waals surface area contributed by atoms with Crippen LogP contribution in [-0.2, 0) is 0 Å². The quantitative estimate of drug-likeness (QED) is 0.760. The summed E-state index contributed by atoms with van der Waals surface area (Å²) in [6.07, 6.45) is 0. The van der Waals surface area contributed by atoms with Crippen molar-refractivity contribution in [2.24, 2.45) is 5.92 Å². The van der Waals surface area contributed by atoms with Crippen molar-refractivity contribution in [2.45, 2.75) is 26.8 Å². The number of hydrogen-bond donors (Lipinski definition) is 1. The molecular weight excluding hydrogens is 368 g/mol. The van der Waals surface area contributed by atoms with Gasteiger partial charge in [0.25, 0.3) is 0 Å². The Bertz CT molecular complexity index is 837. The molecule has 0 radical (unpaired) electrons. The van der Waals surface area contributed by atoms with Gasteiger partial charge in [0.2, 0.25) is 0 Å². The highest BCUT2D eigenvalue weighted by atomic mass is 16.6. The summed E-state index contributed by atoms with van der Waals surface area (Å²) in [6.45, 7) is 8.21. The average Bonchev–Trinajstić information content (AvgIpc) is 2.72. The van der Waals surface area contributed by atoms with Gasteiger partial charge in [-0.1, -0.05) is 38.1 Å². The summed E-state index contributed by atoms with van der Waals surface area (Å²) in [6, 6.07) is 13.5. The standard InChI is InChI=1S/C23H30N2O4/c1-16(2)22(18-9-10-20-21(15-18)29-14-13-28-20)24-23(26)25(4)11-12-27-19-8-6-5-7-17(19)3/h5-10,15-16,22H,11-14H2,1-4H3,(H,24,26)/t22-/m1/s1. The molecule has 156 valence electrons. The van der Waals surface area contributed by atoms with Gasteiger partial charge in [-0.2, -0.15) is 0 Å². The Balaban J connectivity index is 1.58. The number of nitrogens with one attached hydrogen (secondary N) is 1. The van der Waals surface area contributed by atoms with Crippen molar-refractivity contribution in [3.8, 4) is 17.2 Å². The summed E-state index contributed by atoms with van der Waals surface area (Å²) < 4.78 is 17.1. The molecule has 0 aromatic heterocycles. The monoisotopic (exact) mass is 398 g/mol. The van der Waals surface area contributed by atoms with Crippen LogP contribution in [0.15, 0.2) is 42.5 Å². The molecule has 0 saturated heterocycles. The summed E-state index contributed by atoms with van der Waals surface area (Å²) in [5.74, 6) is 2.55. The Kier molecular flexibility index (Phi) is 6.86.